The Labute approximate surface area is 186 Å². The number of rotatable bonds is 6. The third-order valence-electron chi connectivity index (χ3n) is 5.00. The number of hydrogen-bond donors (Lipinski definition) is 2. The molecule has 2 N–H and O–H groups in total. The molecule has 0 aliphatic heterocycles. The van der Waals surface area contributed by atoms with Gasteiger partial charge in [0.15, 0.2) is 10.4 Å². The molecule has 0 saturated heterocycles. The predicted octanol–water partition coefficient (Wildman–Crippen LogP) is 6.50. The minimum absolute atomic E-state index is 0.0240. The molecule has 1 atom stereocenters. The fourth-order valence-electron chi connectivity index (χ4n) is 3.40. The van der Waals surface area contributed by atoms with Crippen LogP contribution in [0.25, 0.3) is 0 Å². The van der Waals surface area contributed by atoms with Crippen molar-refractivity contribution in [3.8, 4) is 0 Å². The number of halogens is 3. The van der Waals surface area contributed by atoms with Gasteiger partial charge < -0.3 is 15.0 Å². The topological polar surface area (TPSA) is 67.2 Å². The molecule has 1 heterocycles. The van der Waals surface area contributed by atoms with Crippen LogP contribution in [0.3, 0.4) is 0 Å². The molecule has 3 aromatic rings. The standard InChI is InChI=1S/C21H18BrCl2N3O2/c1-11-2-5-14(24)10-16(11)25-17(12-3-6-13(23)7-4-12)19-18(20(28)29)26-21(22)27(19)15-8-9-15/h2-7,10,15,17,25H,8-9H2,1H3,(H,28,29). The summed E-state index contributed by atoms with van der Waals surface area (Å²) in [5, 5.41) is 14.6. The number of imidazole rings is 1. The Morgan fingerprint density at radius 1 is 1.21 bits per heavy atom. The summed E-state index contributed by atoms with van der Waals surface area (Å²) in [4.78, 5) is 16.3. The van der Waals surface area contributed by atoms with Gasteiger partial charge in [-0.25, -0.2) is 9.78 Å². The van der Waals surface area contributed by atoms with E-state index in [0.717, 1.165) is 29.7 Å². The summed E-state index contributed by atoms with van der Waals surface area (Å²) in [6.07, 6.45) is 1.98. The molecule has 1 saturated carbocycles. The van der Waals surface area contributed by atoms with Crippen LogP contribution in [0.15, 0.2) is 47.2 Å². The third kappa shape index (κ3) is 4.15. The maximum Gasteiger partial charge on any atom is 0.356 e. The molecule has 5 nitrogen and oxygen atoms in total. The molecule has 29 heavy (non-hydrogen) atoms. The van der Waals surface area contributed by atoms with E-state index in [4.69, 9.17) is 23.2 Å². The number of hydrogen-bond acceptors (Lipinski definition) is 3. The fraction of sp³-hybridized carbons (Fsp3) is 0.238. The van der Waals surface area contributed by atoms with Crippen LogP contribution in [0.1, 0.15) is 52.2 Å². The van der Waals surface area contributed by atoms with Crippen molar-refractivity contribution in [1.82, 2.24) is 9.55 Å². The van der Waals surface area contributed by atoms with Crippen molar-refractivity contribution in [1.29, 1.82) is 0 Å². The van der Waals surface area contributed by atoms with Crippen LogP contribution >= 0.6 is 39.1 Å². The Hall–Kier alpha value is -2.02. The van der Waals surface area contributed by atoms with Gasteiger partial charge in [0, 0.05) is 21.8 Å². The summed E-state index contributed by atoms with van der Waals surface area (Å²) in [5.74, 6) is -1.07. The lowest BCUT2D eigenvalue weighted by Crippen LogP contribution is -2.20. The summed E-state index contributed by atoms with van der Waals surface area (Å²) >= 11 is 15.8. The number of carboxylic acid groups (broad SMARTS) is 1. The molecular weight excluding hydrogens is 477 g/mol. The van der Waals surface area contributed by atoms with Crippen molar-refractivity contribution in [2.24, 2.45) is 0 Å². The molecule has 8 heteroatoms. The minimum Gasteiger partial charge on any atom is -0.476 e. The van der Waals surface area contributed by atoms with Gasteiger partial charge in [0.1, 0.15) is 0 Å². The predicted molar refractivity (Wildman–Crippen MR) is 118 cm³/mol. The van der Waals surface area contributed by atoms with E-state index < -0.39 is 12.0 Å². The first-order valence-electron chi connectivity index (χ1n) is 9.14. The van der Waals surface area contributed by atoms with E-state index in [-0.39, 0.29) is 11.7 Å². The normalized spacial score (nSPS) is 14.6. The number of aryl methyl sites for hydroxylation is 1. The average molecular weight is 495 g/mol. The van der Waals surface area contributed by atoms with E-state index in [2.05, 4.69) is 26.2 Å². The first kappa shape index (κ1) is 20.3. The Kier molecular flexibility index (Phi) is 5.60. The van der Waals surface area contributed by atoms with Gasteiger partial charge in [-0.3, -0.25) is 0 Å². The summed E-state index contributed by atoms with van der Waals surface area (Å²) in [6.45, 7) is 1.98. The SMILES string of the molecule is Cc1ccc(Cl)cc1NC(c1ccc(Cl)cc1)c1c(C(=O)O)nc(Br)n1C1CC1. The van der Waals surface area contributed by atoms with Crippen LogP contribution in [0.5, 0.6) is 0 Å². The van der Waals surface area contributed by atoms with E-state index in [1.54, 1.807) is 12.1 Å². The third-order valence-corrected chi connectivity index (χ3v) is 6.04. The molecular formula is C21H18BrCl2N3O2. The van der Waals surface area contributed by atoms with E-state index >= 15 is 0 Å². The molecule has 2 aromatic carbocycles. The van der Waals surface area contributed by atoms with Gasteiger partial charge in [0.25, 0.3) is 0 Å². The maximum absolute atomic E-state index is 12.0. The van der Waals surface area contributed by atoms with Gasteiger partial charge in [-0.15, -0.1) is 0 Å². The van der Waals surface area contributed by atoms with Gasteiger partial charge in [-0.1, -0.05) is 41.4 Å². The molecule has 1 fully saturated rings. The van der Waals surface area contributed by atoms with Crippen LogP contribution in [0, 0.1) is 6.92 Å². The average Bonchev–Trinajstić information content (AvgIpc) is 3.45. The number of nitrogens with zero attached hydrogens (tertiary/aromatic N) is 2. The molecule has 1 aromatic heterocycles. The smallest absolute Gasteiger partial charge is 0.356 e. The van der Waals surface area contributed by atoms with Gasteiger partial charge in [-0.2, -0.15) is 0 Å². The first-order valence-corrected chi connectivity index (χ1v) is 10.7. The minimum atomic E-state index is -1.07. The highest BCUT2D eigenvalue weighted by atomic mass is 79.9. The Bertz CT molecular complexity index is 1080. The fourth-order valence-corrected chi connectivity index (χ4v) is 4.36. The second-order valence-corrected chi connectivity index (χ2v) is 8.69. The highest BCUT2D eigenvalue weighted by molar-refractivity contribution is 9.10. The van der Waals surface area contributed by atoms with Crippen molar-refractivity contribution in [3.05, 3.63) is 79.8 Å². The summed E-state index contributed by atoms with van der Waals surface area (Å²) in [7, 11) is 0. The van der Waals surface area contributed by atoms with E-state index in [0.29, 0.717) is 20.5 Å². The van der Waals surface area contributed by atoms with Crippen LogP contribution in [0.4, 0.5) is 5.69 Å². The number of aromatic carboxylic acids is 1. The van der Waals surface area contributed by atoms with E-state index in [1.165, 1.54) is 0 Å². The zero-order valence-electron chi connectivity index (χ0n) is 15.5. The number of aromatic nitrogens is 2. The largest absolute Gasteiger partial charge is 0.476 e. The second kappa shape index (κ2) is 8.01. The zero-order valence-corrected chi connectivity index (χ0v) is 18.6. The van der Waals surface area contributed by atoms with Crippen LogP contribution in [-0.2, 0) is 0 Å². The Morgan fingerprint density at radius 2 is 1.86 bits per heavy atom. The zero-order chi connectivity index (χ0) is 20.7. The van der Waals surface area contributed by atoms with Gasteiger partial charge >= 0.3 is 5.97 Å². The Morgan fingerprint density at radius 3 is 2.48 bits per heavy atom. The molecule has 150 valence electrons. The van der Waals surface area contributed by atoms with Crippen molar-refractivity contribution < 1.29 is 9.90 Å². The summed E-state index contributed by atoms with van der Waals surface area (Å²) < 4.78 is 2.51. The van der Waals surface area contributed by atoms with Crippen LogP contribution in [-0.4, -0.2) is 20.6 Å². The number of carbonyl (C=O) groups is 1. The monoisotopic (exact) mass is 493 g/mol. The molecule has 4 rings (SSSR count). The van der Waals surface area contributed by atoms with E-state index in [1.807, 2.05) is 41.8 Å². The molecule has 1 aliphatic rings. The number of nitrogens with one attached hydrogen (secondary N) is 1. The van der Waals surface area contributed by atoms with Crippen LogP contribution < -0.4 is 5.32 Å². The van der Waals surface area contributed by atoms with E-state index in [9.17, 15) is 9.90 Å². The first-order chi connectivity index (χ1) is 13.8. The highest BCUT2D eigenvalue weighted by Crippen LogP contribution is 2.43. The lowest BCUT2D eigenvalue weighted by Gasteiger charge is -2.24. The number of anilines is 1. The molecule has 0 bridgehead atoms. The molecule has 1 aliphatic carbocycles. The van der Waals surface area contributed by atoms with Crippen molar-refractivity contribution >= 4 is 50.8 Å². The Balaban J connectivity index is 1.90. The molecule has 0 amide bonds. The maximum atomic E-state index is 12.0. The van der Waals surface area contributed by atoms with Gasteiger partial charge in [0.05, 0.1) is 11.7 Å². The van der Waals surface area contributed by atoms with Crippen molar-refractivity contribution in [3.63, 3.8) is 0 Å². The molecule has 0 spiro atoms. The van der Waals surface area contributed by atoms with Crippen molar-refractivity contribution in [2.75, 3.05) is 5.32 Å². The lowest BCUT2D eigenvalue weighted by atomic mass is 10.0. The molecule has 1 unspecified atom stereocenters. The summed E-state index contributed by atoms with van der Waals surface area (Å²) in [5.41, 5.74) is 3.34. The highest BCUT2D eigenvalue weighted by Gasteiger charge is 2.35. The lowest BCUT2D eigenvalue weighted by molar-refractivity contribution is 0.0689. The van der Waals surface area contributed by atoms with Crippen LogP contribution in [0.2, 0.25) is 10.0 Å². The molecule has 0 radical (unpaired) electrons. The van der Waals surface area contributed by atoms with Gasteiger partial charge in [0.2, 0.25) is 0 Å². The second-order valence-electron chi connectivity index (χ2n) is 7.11. The quantitative estimate of drug-likeness (QED) is 0.410. The van der Waals surface area contributed by atoms with Crippen molar-refractivity contribution in [2.45, 2.75) is 31.8 Å². The van der Waals surface area contributed by atoms with Gasteiger partial charge in [-0.05, 0) is 71.1 Å². The summed E-state index contributed by atoms with van der Waals surface area (Å²) in [6, 6.07) is 12.8. The number of carboxylic acids is 1. The number of benzene rings is 2.